The van der Waals surface area contributed by atoms with Crippen LogP contribution in [0.4, 0.5) is 0 Å². The molecule has 0 saturated carbocycles. The number of hydrogen-bond donors (Lipinski definition) is 2. The number of aromatic hydroxyl groups is 1. The second-order valence-electron chi connectivity index (χ2n) is 3.31. The molecule has 0 unspecified atom stereocenters. The zero-order chi connectivity index (χ0) is 12.0. The molecule has 0 fully saturated rings. The molecule has 0 radical (unpaired) electrons. The maximum atomic E-state index is 11.1. The third-order valence-corrected chi connectivity index (χ3v) is 2.50. The Morgan fingerprint density at radius 2 is 2.19 bits per heavy atom. The highest BCUT2D eigenvalue weighted by Crippen LogP contribution is 2.21. The molecule has 1 aromatic carbocycles. The molecule has 3 nitrogen and oxygen atoms in total. The van der Waals surface area contributed by atoms with Crippen LogP contribution in [0.15, 0.2) is 18.2 Å². The van der Waals surface area contributed by atoms with Gasteiger partial charge in [0.25, 0.3) is 0 Å². The van der Waals surface area contributed by atoms with E-state index in [4.69, 9.17) is 23.2 Å². The van der Waals surface area contributed by atoms with Crippen molar-refractivity contribution in [3.8, 4) is 5.75 Å². The Morgan fingerprint density at radius 1 is 1.44 bits per heavy atom. The third kappa shape index (κ3) is 4.29. The van der Waals surface area contributed by atoms with Crippen molar-refractivity contribution in [3.05, 3.63) is 28.8 Å². The van der Waals surface area contributed by atoms with Gasteiger partial charge in [0.2, 0.25) is 5.91 Å². The van der Waals surface area contributed by atoms with Crippen LogP contribution < -0.4 is 5.32 Å². The second-order valence-corrected chi connectivity index (χ2v) is 4.13. The standard InChI is InChI=1S/C11H13Cl2NO2/c12-5-3-11(16)14-6-4-8-7-9(13)1-2-10(8)15/h1-2,7,15H,3-6H2,(H,14,16). The topological polar surface area (TPSA) is 49.3 Å². The minimum Gasteiger partial charge on any atom is -0.508 e. The zero-order valence-electron chi connectivity index (χ0n) is 8.67. The van der Waals surface area contributed by atoms with E-state index in [1.54, 1.807) is 12.1 Å². The van der Waals surface area contributed by atoms with E-state index in [1.165, 1.54) is 6.07 Å². The molecule has 0 aliphatic carbocycles. The molecule has 0 bridgehead atoms. The maximum Gasteiger partial charge on any atom is 0.221 e. The molecular weight excluding hydrogens is 249 g/mol. The first-order valence-corrected chi connectivity index (χ1v) is 5.85. The highest BCUT2D eigenvalue weighted by molar-refractivity contribution is 6.30. The average Bonchev–Trinajstić information content (AvgIpc) is 2.23. The lowest BCUT2D eigenvalue weighted by Crippen LogP contribution is -2.25. The van der Waals surface area contributed by atoms with Crippen LogP contribution in [0.1, 0.15) is 12.0 Å². The van der Waals surface area contributed by atoms with Crippen LogP contribution in [0.5, 0.6) is 5.75 Å². The summed E-state index contributed by atoms with van der Waals surface area (Å²) in [6, 6.07) is 4.84. The van der Waals surface area contributed by atoms with E-state index in [1.807, 2.05) is 0 Å². The summed E-state index contributed by atoms with van der Waals surface area (Å²) >= 11 is 11.2. The molecule has 1 amide bonds. The minimum atomic E-state index is -0.0866. The van der Waals surface area contributed by atoms with Gasteiger partial charge in [-0.05, 0) is 30.2 Å². The van der Waals surface area contributed by atoms with Crippen molar-refractivity contribution in [2.75, 3.05) is 12.4 Å². The van der Waals surface area contributed by atoms with Crippen LogP contribution >= 0.6 is 23.2 Å². The minimum absolute atomic E-state index is 0.0866. The van der Waals surface area contributed by atoms with Crippen molar-refractivity contribution in [1.82, 2.24) is 5.32 Å². The number of carbonyl (C=O) groups excluding carboxylic acids is 1. The summed E-state index contributed by atoms with van der Waals surface area (Å²) in [4.78, 5) is 11.1. The monoisotopic (exact) mass is 261 g/mol. The van der Waals surface area contributed by atoms with Gasteiger partial charge in [-0.25, -0.2) is 0 Å². The zero-order valence-corrected chi connectivity index (χ0v) is 10.2. The molecule has 0 aromatic heterocycles. The molecule has 0 saturated heterocycles. The highest BCUT2D eigenvalue weighted by atomic mass is 35.5. The van der Waals surface area contributed by atoms with Gasteiger partial charge in [0.05, 0.1) is 0 Å². The van der Waals surface area contributed by atoms with Crippen molar-refractivity contribution in [3.63, 3.8) is 0 Å². The van der Waals surface area contributed by atoms with Gasteiger partial charge in [-0.2, -0.15) is 0 Å². The van der Waals surface area contributed by atoms with Crippen molar-refractivity contribution < 1.29 is 9.90 Å². The van der Waals surface area contributed by atoms with Crippen molar-refractivity contribution >= 4 is 29.1 Å². The molecule has 0 aliphatic rings. The van der Waals surface area contributed by atoms with E-state index in [-0.39, 0.29) is 11.7 Å². The number of alkyl halides is 1. The fourth-order valence-corrected chi connectivity index (χ4v) is 1.63. The second kappa shape index (κ2) is 6.61. The van der Waals surface area contributed by atoms with Crippen molar-refractivity contribution in [2.24, 2.45) is 0 Å². The Labute approximate surface area is 104 Å². The molecule has 5 heteroatoms. The van der Waals surface area contributed by atoms with Crippen LogP contribution in [0.2, 0.25) is 5.02 Å². The van der Waals surface area contributed by atoms with Gasteiger partial charge < -0.3 is 10.4 Å². The van der Waals surface area contributed by atoms with Gasteiger partial charge in [0.1, 0.15) is 5.75 Å². The number of benzene rings is 1. The van der Waals surface area contributed by atoms with Crippen LogP contribution in [-0.2, 0) is 11.2 Å². The Morgan fingerprint density at radius 3 is 2.88 bits per heavy atom. The van der Waals surface area contributed by atoms with E-state index in [0.717, 1.165) is 5.56 Å². The van der Waals surface area contributed by atoms with Crippen LogP contribution in [0, 0.1) is 0 Å². The first-order chi connectivity index (χ1) is 7.63. The Kier molecular flexibility index (Phi) is 5.43. The van der Waals surface area contributed by atoms with E-state index in [2.05, 4.69) is 5.32 Å². The lowest BCUT2D eigenvalue weighted by atomic mass is 10.1. The van der Waals surface area contributed by atoms with E-state index >= 15 is 0 Å². The maximum absolute atomic E-state index is 11.1. The number of rotatable bonds is 5. The smallest absolute Gasteiger partial charge is 0.221 e. The van der Waals surface area contributed by atoms with Gasteiger partial charge in [-0.1, -0.05) is 11.6 Å². The average molecular weight is 262 g/mol. The van der Waals surface area contributed by atoms with Gasteiger partial charge in [0, 0.05) is 23.9 Å². The molecule has 0 atom stereocenters. The number of nitrogens with one attached hydrogen (secondary N) is 1. The van der Waals surface area contributed by atoms with Crippen LogP contribution in [-0.4, -0.2) is 23.4 Å². The largest absolute Gasteiger partial charge is 0.508 e. The lowest BCUT2D eigenvalue weighted by Gasteiger charge is -2.06. The number of halogens is 2. The summed E-state index contributed by atoms with van der Waals surface area (Å²) < 4.78 is 0. The van der Waals surface area contributed by atoms with E-state index < -0.39 is 0 Å². The van der Waals surface area contributed by atoms with E-state index in [0.29, 0.717) is 30.3 Å². The summed E-state index contributed by atoms with van der Waals surface area (Å²) in [6.07, 6.45) is 0.851. The summed E-state index contributed by atoms with van der Waals surface area (Å²) in [5, 5.41) is 12.8. The fourth-order valence-electron chi connectivity index (χ4n) is 1.27. The van der Waals surface area contributed by atoms with Gasteiger partial charge >= 0.3 is 0 Å². The molecule has 0 aliphatic heterocycles. The molecule has 0 heterocycles. The third-order valence-electron chi connectivity index (χ3n) is 2.08. The predicted octanol–water partition coefficient (Wildman–Crippen LogP) is 2.33. The first kappa shape index (κ1) is 13.1. The van der Waals surface area contributed by atoms with Gasteiger partial charge in [-0.15, -0.1) is 11.6 Å². The molecule has 16 heavy (non-hydrogen) atoms. The van der Waals surface area contributed by atoms with Gasteiger partial charge in [0.15, 0.2) is 0 Å². The highest BCUT2D eigenvalue weighted by Gasteiger charge is 2.03. The van der Waals surface area contributed by atoms with Crippen LogP contribution in [0.3, 0.4) is 0 Å². The molecular formula is C11H13Cl2NO2. The first-order valence-electron chi connectivity index (χ1n) is 4.93. The summed E-state index contributed by atoms with van der Waals surface area (Å²) in [7, 11) is 0. The van der Waals surface area contributed by atoms with Crippen molar-refractivity contribution in [1.29, 1.82) is 0 Å². The predicted molar refractivity (Wildman–Crippen MR) is 65.2 cm³/mol. The molecule has 1 aromatic rings. The lowest BCUT2D eigenvalue weighted by molar-refractivity contribution is -0.120. The number of amides is 1. The van der Waals surface area contributed by atoms with Crippen LogP contribution in [0.25, 0.3) is 0 Å². The Balaban J connectivity index is 2.42. The molecule has 2 N–H and O–H groups in total. The number of carbonyl (C=O) groups is 1. The molecule has 88 valence electrons. The number of phenols is 1. The van der Waals surface area contributed by atoms with Gasteiger partial charge in [-0.3, -0.25) is 4.79 Å². The number of hydrogen-bond acceptors (Lipinski definition) is 2. The Hall–Kier alpha value is -0.930. The quantitative estimate of drug-likeness (QED) is 0.800. The molecule has 1 rings (SSSR count). The molecule has 0 spiro atoms. The fraction of sp³-hybridized carbons (Fsp3) is 0.364. The normalized spacial score (nSPS) is 10.1. The summed E-state index contributed by atoms with van der Waals surface area (Å²) in [5.41, 5.74) is 0.721. The summed E-state index contributed by atoms with van der Waals surface area (Å²) in [5.74, 6) is 0.418. The number of phenolic OH excluding ortho intramolecular Hbond substituents is 1. The Bertz CT molecular complexity index is 369. The van der Waals surface area contributed by atoms with Crippen molar-refractivity contribution in [2.45, 2.75) is 12.8 Å². The SMILES string of the molecule is O=C(CCCl)NCCc1cc(Cl)ccc1O. The summed E-state index contributed by atoms with van der Waals surface area (Å²) in [6.45, 7) is 0.462. The van der Waals surface area contributed by atoms with E-state index in [9.17, 15) is 9.90 Å².